The first-order valence-corrected chi connectivity index (χ1v) is 8.35. The molecule has 0 atom stereocenters. The average Bonchev–Trinajstić information content (AvgIpc) is 3.05. The van der Waals surface area contributed by atoms with Gasteiger partial charge in [-0.3, -0.25) is 4.98 Å². The van der Waals surface area contributed by atoms with E-state index in [0.29, 0.717) is 5.69 Å². The molecule has 3 aromatic rings. The van der Waals surface area contributed by atoms with Crippen LogP contribution in [0.25, 0.3) is 16.6 Å². The number of pyridine rings is 1. The van der Waals surface area contributed by atoms with Gasteiger partial charge in [0.25, 0.3) is 0 Å². The van der Waals surface area contributed by atoms with Crippen molar-refractivity contribution in [1.29, 1.82) is 0 Å². The van der Waals surface area contributed by atoms with Crippen molar-refractivity contribution in [2.75, 3.05) is 0 Å². The number of aromatic nitrogens is 2. The fraction of sp³-hybridized carbons (Fsp3) is 0.316. The number of benzene rings is 1. The summed E-state index contributed by atoms with van der Waals surface area (Å²) in [6.45, 7) is 8.14. The molecule has 0 bridgehead atoms. The van der Waals surface area contributed by atoms with E-state index in [9.17, 15) is 4.39 Å². The van der Waals surface area contributed by atoms with Crippen LogP contribution in [0.15, 0.2) is 48.9 Å². The Hall–Kier alpha value is -2.18. The van der Waals surface area contributed by atoms with Gasteiger partial charge in [0.2, 0.25) is 0 Å². The van der Waals surface area contributed by atoms with Crippen molar-refractivity contribution in [2.45, 2.75) is 38.9 Å². The first-order valence-electron chi connectivity index (χ1n) is 8.35. The lowest BCUT2D eigenvalue weighted by Gasteiger charge is -2.32. The molecule has 2 aromatic heterocycles. The maximum absolute atomic E-state index is 14.1. The summed E-state index contributed by atoms with van der Waals surface area (Å²) in [5, 5.41) is 1.00. The van der Waals surface area contributed by atoms with E-state index in [1.807, 2.05) is 62.7 Å². The van der Waals surface area contributed by atoms with Crippen LogP contribution in [0.3, 0.4) is 0 Å². The van der Waals surface area contributed by atoms with Gasteiger partial charge in [-0.2, -0.15) is 0 Å². The monoisotopic (exact) mass is 338 g/mol. The van der Waals surface area contributed by atoms with Gasteiger partial charge in [0, 0.05) is 12.4 Å². The van der Waals surface area contributed by atoms with Crippen LogP contribution in [0.4, 0.5) is 4.39 Å². The third-order valence-electron chi connectivity index (χ3n) is 5.25. The Labute approximate surface area is 146 Å². The highest BCUT2D eigenvalue weighted by Gasteiger charge is 2.51. The van der Waals surface area contributed by atoms with Gasteiger partial charge in [0.05, 0.1) is 28.6 Å². The van der Waals surface area contributed by atoms with Crippen LogP contribution in [0.2, 0.25) is 0 Å². The third kappa shape index (κ3) is 2.57. The highest BCUT2D eigenvalue weighted by atomic mass is 19.1. The van der Waals surface area contributed by atoms with Gasteiger partial charge in [-0.25, -0.2) is 4.39 Å². The Morgan fingerprint density at radius 1 is 1.04 bits per heavy atom. The zero-order valence-electron chi connectivity index (χ0n) is 14.8. The summed E-state index contributed by atoms with van der Waals surface area (Å²) in [7, 11) is -0.407. The Kier molecular flexibility index (Phi) is 3.53. The predicted octanol–water partition coefficient (Wildman–Crippen LogP) is 3.46. The summed E-state index contributed by atoms with van der Waals surface area (Å²) in [5.74, 6) is -0.352. The molecular formula is C19H20BFN2O2. The van der Waals surface area contributed by atoms with E-state index in [0.717, 1.165) is 16.4 Å². The average molecular weight is 338 g/mol. The van der Waals surface area contributed by atoms with Crippen LogP contribution >= 0.6 is 0 Å². The molecule has 25 heavy (non-hydrogen) atoms. The summed E-state index contributed by atoms with van der Waals surface area (Å²) >= 11 is 0. The number of nitrogens with zero attached hydrogens (tertiary/aromatic N) is 2. The van der Waals surface area contributed by atoms with E-state index >= 15 is 0 Å². The number of halogens is 1. The molecule has 0 amide bonds. The van der Waals surface area contributed by atoms with Gasteiger partial charge < -0.3 is 13.9 Å². The van der Waals surface area contributed by atoms with Gasteiger partial charge >= 0.3 is 7.12 Å². The highest BCUT2D eigenvalue weighted by Crippen LogP contribution is 2.36. The van der Waals surface area contributed by atoms with Crippen molar-refractivity contribution < 1.29 is 13.7 Å². The highest BCUT2D eigenvalue weighted by molar-refractivity contribution is 6.62. The molecule has 0 radical (unpaired) electrons. The maximum atomic E-state index is 14.1. The fourth-order valence-electron chi connectivity index (χ4n) is 3.06. The lowest BCUT2D eigenvalue weighted by molar-refractivity contribution is 0.00578. The van der Waals surface area contributed by atoms with Gasteiger partial charge in [0.1, 0.15) is 0 Å². The van der Waals surface area contributed by atoms with E-state index < -0.39 is 7.12 Å². The largest absolute Gasteiger partial charge is 0.494 e. The SMILES string of the molecule is CC1(C)OB(c2ccc3c(ccn3-c3ccncc3F)c2)OC1(C)C. The molecule has 1 aromatic carbocycles. The number of rotatable bonds is 2. The number of hydrogen-bond donors (Lipinski definition) is 0. The molecule has 1 aliphatic rings. The minimum absolute atomic E-state index is 0.352. The second-order valence-electron chi connectivity index (χ2n) is 7.42. The van der Waals surface area contributed by atoms with Gasteiger partial charge in [-0.05, 0) is 56.7 Å². The van der Waals surface area contributed by atoms with Gasteiger partial charge in [-0.1, -0.05) is 12.1 Å². The minimum Gasteiger partial charge on any atom is -0.399 e. The van der Waals surface area contributed by atoms with Gasteiger partial charge in [0.15, 0.2) is 5.82 Å². The van der Waals surface area contributed by atoms with Crippen LogP contribution in [-0.4, -0.2) is 27.9 Å². The summed E-state index contributed by atoms with van der Waals surface area (Å²) in [4.78, 5) is 3.81. The first-order chi connectivity index (χ1) is 11.8. The standard InChI is InChI=1S/C19H20BFN2O2/c1-18(2)19(3,4)25-20(24-18)14-5-6-16-13(11-14)8-10-23(16)17-7-9-22-12-15(17)21/h5-12H,1-4H3. The minimum atomic E-state index is -0.407. The van der Waals surface area contributed by atoms with Crippen LogP contribution < -0.4 is 5.46 Å². The topological polar surface area (TPSA) is 36.3 Å². The van der Waals surface area contributed by atoms with E-state index in [-0.39, 0.29) is 17.0 Å². The summed E-state index contributed by atoms with van der Waals surface area (Å²) in [6, 6.07) is 9.60. The summed E-state index contributed by atoms with van der Waals surface area (Å²) in [5.41, 5.74) is 1.61. The smallest absolute Gasteiger partial charge is 0.399 e. The first kappa shape index (κ1) is 16.3. The lowest BCUT2D eigenvalue weighted by Crippen LogP contribution is -2.41. The molecule has 6 heteroatoms. The van der Waals surface area contributed by atoms with Crippen molar-refractivity contribution >= 4 is 23.5 Å². The van der Waals surface area contributed by atoms with E-state index in [1.165, 1.54) is 6.20 Å². The van der Waals surface area contributed by atoms with Crippen LogP contribution in [-0.2, 0) is 9.31 Å². The van der Waals surface area contributed by atoms with Crippen molar-refractivity contribution in [3.8, 4) is 5.69 Å². The predicted molar refractivity (Wildman–Crippen MR) is 96.7 cm³/mol. The van der Waals surface area contributed by atoms with Gasteiger partial charge in [-0.15, -0.1) is 0 Å². The molecule has 0 aliphatic carbocycles. The number of fused-ring (bicyclic) bond motifs is 1. The van der Waals surface area contributed by atoms with Crippen LogP contribution in [0.1, 0.15) is 27.7 Å². The fourth-order valence-corrected chi connectivity index (χ4v) is 3.06. The van der Waals surface area contributed by atoms with Crippen LogP contribution in [0, 0.1) is 5.82 Å². The van der Waals surface area contributed by atoms with Crippen molar-refractivity contribution in [3.05, 3.63) is 54.7 Å². The molecule has 3 heterocycles. The second kappa shape index (κ2) is 5.41. The number of hydrogen-bond acceptors (Lipinski definition) is 3. The molecule has 0 N–H and O–H groups in total. The normalized spacial score (nSPS) is 18.8. The second-order valence-corrected chi connectivity index (χ2v) is 7.42. The Morgan fingerprint density at radius 2 is 1.76 bits per heavy atom. The molecule has 0 spiro atoms. The molecule has 1 aliphatic heterocycles. The Morgan fingerprint density at radius 3 is 2.44 bits per heavy atom. The summed E-state index contributed by atoms with van der Waals surface area (Å²) < 4.78 is 28.1. The lowest BCUT2D eigenvalue weighted by atomic mass is 9.78. The zero-order chi connectivity index (χ0) is 17.8. The van der Waals surface area contributed by atoms with E-state index in [4.69, 9.17) is 9.31 Å². The van der Waals surface area contributed by atoms with Crippen molar-refractivity contribution in [2.24, 2.45) is 0 Å². The molecule has 1 fully saturated rings. The molecule has 128 valence electrons. The van der Waals surface area contributed by atoms with Crippen molar-refractivity contribution in [3.63, 3.8) is 0 Å². The molecule has 0 saturated carbocycles. The third-order valence-corrected chi connectivity index (χ3v) is 5.25. The molecule has 4 rings (SSSR count). The quantitative estimate of drug-likeness (QED) is 0.672. The molecule has 1 saturated heterocycles. The van der Waals surface area contributed by atoms with E-state index in [2.05, 4.69) is 4.98 Å². The maximum Gasteiger partial charge on any atom is 0.494 e. The molecule has 0 unspecified atom stereocenters. The van der Waals surface area contributed by atoms with Crippen molar-refractivity contribution in [1.82, 2.24) is 9.55 Å². The zero-order valence-corrected chi connectivity index (χ0v) is 14.8. The summed E-state index contributed by atoms with van der Waals surface area (Å²) in [6.07, 6.45) is 4.67. The Balaban J connectivity index is 1.73. The Bertz CT molecular complexity index is 936. The molecular weight excluding hydrogens is 318 g/mol. The van der Waals surface area contributed by atoms with E-state index in [1.54, 1.807) is 12.3 Å². The molecule has 4 nitrogen and oxygen atoms in total. The van der Waals surface area contributed by atoms with Crippen LogP contribution in [0.5, 0.6) is 0 Å².